The molecule has 8 heteroatoms. The number of sulfonamides is 1. The van der Waals surface area contributed by atoms with Crippen molar-refractivity contribution in [1.29, 1.82) is 0 Å². The Labute approximate surface area is 194 Å². The fourth-order valence-electron chi connectivity index (χ4n) is 3.27. The van der Waals surface area contributed by atoms with Crippen molar-refractivity contribution in [3.8, 4) is 0 Å². The first-order chi connectivity index (χ1) is 15.7. The van der Waals surface area contributed by atoms with E-state index in [0.29, 0.717) is 17.8 Å². The summed E-state index contributed by atoms with van der Waals surface area (Å²) in [4.78, 5) is 23.5. The summed E-state index contributed by atoms with van der Waals surface area (Å²) in [5.41, 5.74) is 3.03. The van der Waals surface area contributed by atoms with E-state index < -0.39 is 10.0 Å². The minimum atomic E-state index is -3.66. The standard InChI is InChI=1S/C25H27N3O4S/c1-18(21-6-4-3-5-7-21)28-33(31,32)24-15-8-20(9-16-24)10-17-25(30)27-23-13-11-22(12-14-23)26-19(2)29/h3-9,11-16,18,28H,10,17H2,1-2H3,(H,26,29)(H,27,30)/t18-/m1/s1. The third-order valence-electron chi connectivity index (χ3n) is 4.99. The molecule has 0 saturated carbocycles. The maximum atomic E-state index is 12.7. The van der Waals surface area contributed by atoms with Crippen LogP contribution in [0.15, 0.2) is 83.8 Å². The number of carbonyl (C=O) groups excluding carboxylic acids is 2. The zero-order valence-electron chi connectivity index (χ0n) is 18.5. The maximum Gasteiger partial charge on any atom is 0.241 e. The van der Waals surface area contributed by atoms with Crippen molar-refractivity contribution < 1.29 is 18.0 Å². The lowest BCUT2D eigenvalue weighted by molar-refractivity contribution is -0.116. The zero-order chi connectivity index (χ0) is 23.8. The van der Waals surface area contributed by atoms with E-state index in [1.54, 1.807) is 55.5 Å². The third kappa shape index (κ3) is 7.27. The van der Waals surface area contributed by atoms with Gasteiger partial charge in [-0.3, -0.25) is 9.59 Å². The summed E-state index contributed by atoms with van der Waals surface area (Å²) in [6, 6.07) is 22.4. The molecule has 0 unspecified atom stereocenters. The molecule has 1 atom stereocenters. The van der Waals surface area contributed by atoms with Crippen LogP contribution in [0.4, 0.5) is 11.4 Å². The fraction of sp³-hybridized carbons (Fsp3) is 0.200. The lowest BCUT2D eigenvalue weighted by atomic mass is 10.1. The summed E-state index contributed by atoms with van der Waals surface area (Å²) in [5, 5.41) is 5.47. The average molecular weight is 466 g/mol. The van der Waals surface area contributed by atoms with Gasteiger partial charge in [-0.25, -0.2) is 13.1 Å². The van der Waals surface area contributed by atoms with Gasteiger partial charge in [-0.1, -0.05) is 42.5 Å². The normalized spacial score (nSPS) is 12.1. The number of nitrogens with one attached hydrogen (secondary N) is 3. The molecule has 0 fully saturated rings. The van der Waals surface area contributed by atoms with Crippen molar-refractivity contribution >= 4 is 33.2 Å². The zero-order valence-corrected chi connectivity index (χ0v) is 19.4. The van der Waals surface area contributed by atoms with Crippen LogP contribution in [0.1, 0.15) is 37.4 Å². The topological polar surface area (TPSA) is 104 Å². The predicted molar refractivity (Wildman–Crippen MR) is 129 cm³/mol. The maximum absolute atomic E-state index is 12.7. The van der Waals surface area contributed by atoms with E-state index >= 15 is 0 Å². The summed E-state index contributed by atoms with van der Waals surface area (Å²) in [6.07, 6.45) is 0.729. The van der Waals surface area contributed by atoms with Gasteiger partial charge in [0.15, 0.2) is 0 Å². The number of benzene rings is 3. The quantitative estimate of drug-likeness (QED) is 0.439. The molecule has 3 N–H and O–H groups in total. The second-order valence-corrected chi connectivity index (χ2v) is 9.42. The molecule has 0 aliphatic carbocycles. The molecule has 0 spiro atoms. The van der Waals surface area contributed by atoms with Crippen LogP contribution in [0.3, 0.4) is 0 Å². The molecule has 0 aromatic heterocycles. The van der Waals surface area contributed by atoms with Gasteiger partial charge in [0.2, 0.25) is 21.8 Å². The van der Waals surface area contributed by atoms with Gasteiger partial charge in [0.1, 0.15) is 0 Å². The molecule has 0 aliphatic heterocycles. The van der Waals surface area contributed by atoms with Crippen molar-refractivity contribution in [2.45, 2.75) is 37.6 Å². The van der Waals surface area contributed by atoms with Crippen LogP contribution < -0.4 is 15.4 Å². The molecule has 3 aromatic carbocycles. The Morgan fingerprint density at radius 1 is 0.818 bits per heavy atom. The largest absolute Gasteiger partial charge is 0.326 e. The summed E-state index contributed by atoms with van der Waals surface area (Å²) in [7, 11) is -3.66. The van der Waals surface area contributed by atoms with Crippen LogP contribution in [0.5, 0.6) is 0 Å². The number of aryl methyl sites for hydroxylation is 1. The van der Waals surface area contributed by atoms with Crippen molar-refractivity contribution in [3.05, 3.63) is 90.0 Å². The highest BCUT2D eigenvalue weighted by Crippen LogP contribution is 2.18. The highest BCUT2D eigenvalue weighted by atomic mass is 32.2. The molecule has 0 bridgehead atoms. The van der Waals surface area contributed by atoms with Crippen molar-refractivity contribution in [1.82, 2.24) is 4.72 Å². The van der Waals surface area contributed by atoms with E-state index in [4.69, 9.17) is 0 Å². The van der Waals surface area contributed by atoms with E-state index in [1.165, 1.54) is 6.92 Å². The number of amides is 2. The van der Waals surface area contributed by atoms with Crippen LogP contribution >= 0.6 is 0 Å². The fourth-order valence-corrected chi connectivity index (χ4v) is 4.50. The molecular formula is C25H27N3O4S. The van der Waals surface area contributed by atoms with Gasteiger partial charge in [0, 0.05) is 30.8 Å². The Morgan fingerprint density at radius 3 is 1.97 bits per heavy atom. The Kier molecular flexibility index (Phi) is 7.97. The molecular weight excluding hydrogens is 438 g/mol. The van der Waals surface area contributed by atoms with E-state index in [9.17, 15) is 18.0 Å². The van der Waals surface area contributed by atoms with Crippen molar-refractivity contribution in [2.24, 2.45) is 0 Å². The van der Waals surface area contributed by atoms with Gasteiger partial charge < -0.3 is 10.6 Å². The molecule has 2 amide bonds. The van der Waals surface area contributed by atoms with Gasteiger partial charge in [0.25, 0.3) is 0 Å². The predicted octanol–water partition coefficient (Wildman–Crippen LogP) is 4.26. The SMILES string of the molecule is CC(=O)Nc1ccc(NC(=O)CCc2ccc(S(=O)(=O)N[C@H](C)c3ccccc3)cc2)cc1. The number of hydrogen-bond donors (Lipinski definition) is 3. The minimum Gasteiger partial charge on any atom is -0.326 e. The van der Waals surface area contributed by atoms with Crippen LogP contribution in [-0.2, 0) is 26.0 Å². The van der Waals surface area contributed by atoms with Gasteiger partial charge in [-0.15, -0.1) is 0 Å². The summed E-state index contributed by atoms with van der Waals surface area (Å²) < 4.78 is 28.0. The number of rotatable bonds is 9. The van der Waals surface area contributed by atoms with Crippen LogP contribution in [0.2, 0.25) is 0 Å². The molecule has 3 aromatic rings. The first kappa shape index (κ1) is 24.2. The third-order valence-corrected chi connectivity index (χ3v) is 6.55. The Hall–Kier alpha value is -3.49. The molecule has 0 saturated heterocycles. The van der Waals surface area contributed by atoms with Gasteiger partial charge in [-0.05, 0) is 60.9 Å². The Morgan fingerprint density at radius 2 is 1.39 bits per heavy atom. The number of anilines is 2. The average Bonchev–Trinajstić information content (AvgIpc) is 2.79. The summed E-state index contributed by atoms with van der Waals surface area (Å²) in [5.74, 6) is -0.315. The highest BCUT2D eigenvalue weighted by Gasteiger charge is 2.18. The highest BCUT2D eigenvalue weighted by molar-refractivity contribution is 7.89. The second kappa shape index (κ2) is 10.9. The first-order valence-electron chi connectivity index (χ1n) is 10.6. The van der Waals surface area contributed by atoms with Crippen molar-refractivity contribution in [2.75, 3.05) is 10.6 Å². The Bertz CT molecular complexity index is 1190. The van der Waals surface area contributed by atoms with Gasteiger partial charge in [0.05, 0.1) is 4.90 Å². The minimum absolute atomic E-state index is 0.155. The molecule has 7 nitrogen and oxygen atoms in total. The number of hydrogen-bond acceptors (Lipinski definition) is 4. The molecule has 172 valence electrons. The molecule has 0 radical (unpaired) electrons. The van der Waals surface area contributed by atoms with Gasteiger partial charge >= 0.3 is 0 Å². The molecule has 33 heavy (non-hydrogen) atoms. The number of carbonyl (C=O) groups is 2. The van der Waals surface area contributed by atoms with Crippen molar-refractivity contribution in [3.63, 3.8) is 0 Å². The molecule has 0 heterocycles. The van der Waals surface area contributed by atoms with Crippen LogP contribution in [-0.4, -0.2) is 20.2 Å². The van der Waals surface area contributed by atoms with E-state index in [0.717, 1.165) is 11.1 Å². The van der Waals surface area contributed by atoms with Crippen LogP contribution in [0.25, 0.3) is 0 Å². The van der Waals surface area contributed by atoms with Gasteiger partial charge in [-0.2, -0.15) is 0 Å². The smallest absolute Gasteiger partial charge is 0.241 e. The lowest BCUT2D eigenvalue weighted by Gasteiger charge is -2.15. The summed E-state index contributed by atoms with van der Waals surface area (Å²) >= 11 is 0. The monoisotopic (exact) mass is 465 g/mol. The van der Waals surface area contributed by atoms with Crippen LogP contribution in [0, 0.1) is 0 Å². The summed E-state index contributed by atoms with van der Waals surface area (Å²) in [6.45, 7) is 3.23. The molecule has 0 aliphatic rings. The van der Waals surface area contributed by atoms with E-state index in [1.807, 2.05) is 30.3 Å². The Balaban J connectivity index is 1.52. The first-order valence-corrected chi connectivity index (χ1v) is 12.0. The second-order valence-electron chi connectivity index (χ2n) is 7.70. The lowest BCUT2D eigenvalue weighted by Crippen LogP contribution is -2.26. The molecule has 3 rings (SSSR count). The van der Waals surface area contributed by atoms with E-state index in [-0.39, 0.29) is 29.2 Å². The van der Waals surface area contributed by atoms with E-state index in [2.05, 4.69) is 15.4 Å².